The summed E-state index contributed by atoms with van der Waals surface area (Å²) in [6.45, 7) is 9.96. The van der Waals surface area contributed by atoms with E-state index in [4.69, 9.17) is 9.47 Å². The highest BCUT2D eigenvalue weighted by Gasteiger charge is 2.15. The molecule has 0 unspecified atom stereocenters. The van der Waals surface area contributed by atoms with Gasteiger partial charge < -0.3 is 19.1 Å². The van der Waals surface area contributed by atoms with Crippen LogP contribution in [0.5, 0.6) is 11.6 Å². The Bertz CT molecular complexity index is 995. The molecule has 2 heterocycles. The van der Waals surface area contributed by atoms with Crippen LogP contribution in [0.25, 0.3) is 11.0 Å². The molecule has 0 saturated carbocycles. The van der Waals surface area contributed by atoms with E-state index in [0.29, 0.717) is 24.0 Å². The fraction of sp³-hybridized carbons (Fsp3) is 0.350. The first-order chi connectivity index (χ1) is 13.2. The Morgan fingerprint density at radius 3 is 2.71 bits per heavy atom. The number of benzene rings is 1. The van der Waals surface area contributed by atoms with Gasteiger partial charge >= 0.3 is 5.97 Å². The fourth-order valence-electron chi connectivity index (χ4n) is 2.65. The van der Waals surface area contributed by atoms with Crippen molar-refractivity contribution >= 4 is 25.1 Å². The summed E-state index contributed by atoms with van der Waals surface area (Å²) in [5.74, 6) is -0.158. The number of hydrogen-bond donors (Lipinski definition) is 1. The number of carbonyl (C=O) groups is 1. The Balaban J connectivity index is 1.80. The van der Waals surface area contributed by atoms with E-state index in [1.165, 1.54) is 12.4 Å². The van der Waals surface area contributed by atoms with Crippen LogP contribution in [0.3, 0.4) is 0 Å². The van der Waals surface area contributed by atoms with E-state index >= 15 is 0 Å². The molecule has 2 aromatic heterocycles. The van der Waals surface area contributed by atoms with Gasteiger partial charge in [-0.15, -0.1) is 0 Å². The number of aromatic nitrogens is 3. The van der Waals surface area contributed by atoms with Crippen molar-refractivity contribution in [2.75, 3.05) is 6.61 Å². The normalized spacial score (nSPS) is 11.7. The molecule has 0 aliphatic rings. The number of hydrogen-bond acceptors (Lipinski definition) is 5. The zero-order chi connectivity index (χ0) is 20.3. The van der Waals surface area contributed by atoms with E-state index in [-0.39, 0.29) is 5.56 Å². The molecular formula is C20H25N3O4Si. The third-order valence-corrected chi connectivity index (χ3v) is 6.09. The molecule has 28 heavy (non-hydrogen) atoms. The van der Waals surface area contributed by atoms with Crippen LogP contribution in [0.1, 0.15) is 15.9 Å². The first-order valence-electron chi connectivity index (χ1n) is 9.14. The lowest BCUT2D eigenvalue weighted by Crippen LogP contribution is -2.22. The van der Waals surface area contributed by atoms with Crippen LogP contribution in [0, 0.1) is 6.92 Å². The Morgan fingerprint density at radius 2 is 2.00 bits per heavy atom. The third kappa shape index (κ3) is 4.76. The third-order valence-electron chi connectivity index (χ3n) is 4.39. The summed E-state index contributed by atoms with van der Waals surface area (Å²) in [6, 6.07) is 7.75. The van der Waals surface area contributed by atoms with E-state index in [2.05, 4.69) is 29.6 Å². The lowest BCUT2D eigenvalue weighted by molar-refractivity contribution is 0.0696. The maximum absolute atomic E-state index is 11.2. The Hall–Kier alpha value is -2.71. The fourth-order valence-corrected chi connectivity index (χ4v) is 3.41. The van der Waals surface area contributed by atoms with Crippen molar-refractivity contribution in [2.45, 2.75) is 39.3 Å². The van der Waals surface area contributed by atoms with Gasteiger partial charge in [-0.1, -0.05) is 25.7 Å². The highest BCUT2D eigenvalue weighted by atomic mass is 28.3. The van der Waals surface area contributed by atoms with Gasteiger partial charge in [0, 0.05) is 20.9 Å². The van der Waals surface area contributed by atoms with Gasteiger partial charge in [0.25, 0.3) is 0 Å². The number of ether oxygens (including phenoxy) is 2. The quantitative estimate of drug-likeness (QED) is 0.442. The van der Waals surface area contributed by atoms with Crippen LogP contribution in [0.4, 0.5) is 0 Å². The van der Waals surface area contributed by atoms with Crippen LogP contribution in [0.15, 0.2) is 36.8 Å². The molecule has 0 aliphatic carbocycles. The first kappa shape index (κ1) is 20.0. The van der Waals surface area contributed by atoms with Crippen molar-refractivity contribution < 1.29 is 19.4 Å². The average Bonchev–Trinajstić information content (AvgIpc) is 3.04. The van der Waals surface area contributed by atoms with Gasteiger partial charge in [0.15, 0.2) is 0 Å². The van der Waals surface area contributed by atoms with Crippen molar-refractivity contribution in [3.05, 3.63) is 47.9 Å². The topological polar surface area (TPSA) is 86.5 Å². The Labute approximate surface area is 165 Å². The summed E-state index contributed by atoms with van der Waals surface area (Å²) in [7, 11) is -1.13. The molecule has 1 N–H and O–H groups in total. The number of aromatic carboxylic acids is 1. The Kier molecular flexibility index (Phi) is 5.81. The molecule has 7 nitrogen and oxygen atoms in total. The van der Waals surface area contributed by atoms with Crippen molar-refractivity contribution in [3.63, 3.8) is 0 Å². The van der Waals surface area contributed by atoms with Gasteiger partial charge in [0.05, 0.1) is 10.9 Å². The van der Waals surface area contributed by atoms with Gasteiger partial charge in [-0.2, -0.15) is 0 Å². The molecule has 1 aromatic carbocycles. The van der Waals surface area contributed by atoms with Gasteiger partial charge in [-0.05, 0) is 36.7 Å². The van der Waals surface area contributed by atoms with Gasteiger partial charge in [-0.3, -0.25) is 0 Å². The first-order valence-corrected chi connectivity index (χ1v) is 12.8. The molecular weight excluding hydrogens is 374 g/mol. The van der Waals surface area contributed by atoms with E-state index in [1.54, 1.807) is 12.1 Å². The predicted molar refractivity (Wildman–Crippen MR) is 110 cm³/mol. The number of fused-ring (bicyclic) bond motifs is 1. The van der Waals surface area contributed by atoms with Crippen molar-refractivity contribution in [1.29, 1.82) is 0 Å². The van der Waals surface area contributed by atoms with Gasteiger partial charge in [0.2, 0.25) is 5.88 Å². The molecule has 0 fully saturated rings. The minimum absolute atomic E-state index is 0.166. The van der Waals surface area contributed by atoms with Gasteiger partial charge in [0.1, 0.15) is 24.5 Å². The average molecular weight is 400 g/mol. The molecule has 8 heteroatoms. The van der Waals surface area contributed by atoms with Crippen LogP contribution < -0.4 is 4.74 Å². The van der Waals surface area contributed by atoms with E-state index in [1.807, 2.05) is 23.8 Å². The lowest BCUT2D eigenvalue weighted by Gasteiger charge is -2.15. The molecule has 148 valence electrons. The molecule has 3 rings (SSSR count). The maximum atomic E-state index is 11.2. The van der Waals surface area contributed by atoms with Crippen LogP contribution >= 0.6 is 0 Å². The highest BCUT2D eigenvalue weighted by Crippen LogP contribution is 2.30. The minimum Gasteiger partial charge on any atom is -0.478 e. The van der Waals surface area contributed by atoms with Crippen LogP contribution in [-0.2, 0) is 11.5 Å². The molecule has 0 amide bonds. The summed E-state index contributed by atoms with van der Waals surface area (Å²) in [6.07, 6.45) is 3.33. The van der Waals surface area contributed by atoms with E-state index in [0.717, 1.165) is 23.6 Å². The smallest absolute Gasteiger partial charge is 0.335 e. The number of aryl methyl sites for hydroxylation is 1. The maximum Gasteiger partial charge on any atom is 0.335 e. The molecule has 0 atom stereocenters. The van der Waals surface area contributed by atoms with Crippen LogP contribution in [-0.4, -0.2) is 40.3 Å². The molecule has 0 saturated heterocycles. The Morgan fingerprint density at radius 1 is 1.21 bits per heavy atom. The monoisotopic (exact) mass is 399 g/mol. The molecule has 0 bridgehead atoms. The van der Waals surface area contributed by atoms with Crippen molar-refractivity contribution in [1.82, 2.24) is 14.5 Å². The van der Waals surface area contributed by atoms with Gasteiger partial charge in [-0.25, -0.2) is 14.8 Å². The predicted octanol–water partition coefficient (Wildman–Crippen LogP) is 4.54. The molecule has 0 radical (unpaired) electrons. The SMILES string of the molecule is Cc1ccc(C(=O)O)cc1Oc1ncnc2c1ccn2COCC[Si](C)(C)C. The lowest BCUT2D eigenvalue weighted by atomic mass is 10.1. The highest BCUT2D eigenvalue weighted by molar-refractivity contribution is 6.76. The number of carboxylic acid groups (broad SMARTS) is 1. The standard InChI is InChI=1S/C20H25N3O4Si/c1-14-5-6-15(20(24)25)11-17(14)27-19-16-7-8-23(18(16)21-12-22-19)13-26-9-10-28(2,3)4/h5-8,11-12H,9-10,13H2,1-4H3,(H,24,25). The molecule has 0 spiro atoms. The van der Waals surface area contributed by atoms with Crippen molar-refractivity contribution in [3.8, 4) is 11.6 Å². The summed E-state index contributed by atoms with van der Waals surface area (Å²) < 4.78 is 13.7. The second-order valence-corrected chi connectivity index (χ2v) is 13.6. The summed E-state index contributed by atoms with van der Waals surface area (Å²) in [5, 5.41) is 9.95. The number of carboxylic acids is 1. The molecule has 3 aromatic rings. The van der Waals surface area contributed by atoms with E-state index in [9.17, 15) is 9.90 Å². The van der Waals surface area contributed by atoms with E-state index < -0.39 is 14.0 Å². The second-order valence-electron chi connectivity index (χ2n) is 7.94. The largest absolute Gasteiger partial charge is 0.478 e. The summed E-state index contributed by atoms with van der Waals surface area (Å²) in [5.41, 5.74) is 1.70. The number of nitrogens with zero attached hydrogens (tertiary/aromatic N) is 3. The zero-order valence-electron chi connectivity index (χ0n) is 16.6. The second kappa shape index (κ2) is 8.11. The minimum atomic E-state index is -1.13. The number of rotatable bonds is 8. The summed E-state index contributed by atoms with van der Waals surface area (Å²) >= 11 is 0. The van der Waals surface area contributed by atoms with Crippen molar-refractivity contribution in [2.24, 2.45) is 0 Å². The molecule has 0 aliphatic heterocycles. The summed E-state index contributed by atoms with van der Waals surface area (Å²) in [4.78, 5) is 19.8. The van der Waals surface area contributed by atoms with Crippen LogP contribution in [0.2, 0.25) is 25.7 Å². The zero-order valence-corrected chi connectivity index (χ0v) is 17.6.